The zero-order valence-electron chi connectivity index (χ0n) is 8.00. The van der Waals surface area contributed by atoms with Gasteiger partial charge in [-0.1, -0.05) is 0 Å². The molecule has 1 aromatic rings. The van der Waals surface area contributed by atoms with Gasteiger partial charge in [0.25, 0.3) is 0 Å². The second-order valence-corrected chi connectivity index (χ2v) is 3.73. The van der Waals surface area contributed by atoms with Crippen LogP contribution < -0.4 is 5.32 Å². The number of hydrogen-bond donors (Lipinski definition) is 2. The Labute approximate surface area is 83.4 Å². The fraction of sp³-hybridized carbons (Fsp3) is 0.400. The fourth-order valence-electron chi connectivity index (χ4n) is 1.15. The summed E-state index contributed by atoms with van der Waals surface area (Å²) >= 11 is 1.69. The van der Waals surface area contributed by atoms with E-state index in [1.807, 2.05) is 25.4 Å². The molecule has 0 unspecified atom stereocenters. The van der Waals surface area contributed by atoms with Gasteiger partial charge in [0.15, 0.2) is 0 Å². The van der Waals surface area contributed by atoms with Gasteiger partial charge in [-0.3, -0.25) is 0 Å². The number of hydrogen-bond acceptors (Lipinski definition) is 3. The molecule has 0 spiro atoms. The van der Waals surface area contributed by atoms with Crippen molar-refractivity contribution < 1.29 is 5.11 Å². The van der Waals surface area contributed by atoms with E-state index in [2.05, 4.69) is 5.32 Å². The van der Waals surface area contributed by atoms with Crippen LogP contribution in [-0.4, -0.2) is 25.0 Å². The van der Waals surface area contributed by atoms with E-state index in [4.69, 9.17) is 0 Å². The molecule has 0 atom stereocenters. The van der Waals surface area contributed by atoms with Gasteiger partial charge in [-0.25, -0.2) is 0 Å². The minimum Gasteiger partial charge on any atom is -0.508 e. The van der Waals surface area contributed by atoms with Crippen LogP contribution in [0.3, 0.4) is 0 Å². The molecule has 3 heteroatoms. The number of benzene rings is 1. The van der Waals surface area contributed by atoms with Gasteiger partial charge in [-0.05, 0) is 50.0 Å². The van der Waals surface area contributed by atoms with E-state index >= 15 is 0 Å². The summed E-state index contributed by atoms with van der Waals surface area (Å²) < 4.78 is 0. The lowest BCUT2D eigenvalue weighted by Crippen LogP contribution is -2.10. The molecule has 0 amide bonds. The molecule has 0 radical (unpaired) electrons. The highest BCUT2D eigenvalue weighted by Gasteiger charge is 2.01. The maximum absolute atomic E-state index is 9.52. The predicted molar refractivity (Wildman–Crippen MR) is 57.5 cm³/mol. The van der Waals surface area contributed by atoms with Gasteiger partial charge < -0.3 is 10.4 Å². The summed E-state index contributed by atoms with van der Waals surface area (Å²) in [5.41, 5.74) is 1.02. The molecule has 1 rings (SSSR count). The van der Waals surface area contributed by atoms with Crippen LogP contribution in [-0.2, 0) is 6.42 Å². The standard InChI is InChI=1S/C10H15NOS/c1-11-6-5-8-7-9(13-2)3-4-10(8)12/h3-4,7,11-12H,5-6H2,1-2H3. The van der Waals surface area contributed by atoms with Crippen molar-refractivity contribution in [3.05, 3.63) is 23.8 Å². The molecule has 0 aliphatic heterocycles. The molecule has 0 saturated carbocycles. The van der Waals surface area contributed by atoms with Gasteiger partial charge >= 0.3 is 0 Å². The molecule has 2 N–H and O–H groups in total. The van der Waals surface area contributed by atoms with Gasteiger partial charge in [0, 0.05) is 4.90 Å². The van der Waals surface area contributed by atoms with E-state index in [1.165, 1.54) is 4.90 Å². The second-order valence-electron chi connectivity index (χ2n) is 2.85. The molecule has 0 bridgehead atoms. The highest BCUT2D eigenvalue weighted by atomic mass is 32.2. The number of phenols is 1. The van der Waals surface area contributed by atoms with Crippen molar-refractivity contribution in [1.82, 2.24) is 5.32 Å². The number of nitrogens with one attached hydrogen (secondary N) is 1. The summed E-state index contributed by atoms with van der Waals surface area (Å²) in [5.74, 6) is 0.396. The first-order valence-corrected chi connectivity index (χ1v) is 5.51. The van der Waals surface area contributed by atoms with Crippen LogP contribution in [0.5, 0.6) is 5.75 Å². The van der Waals surface area contributed by atoms with E-state index in [0.29, 0.717) is 5.75 Å². The third-order valence-electron chi connectivity index (χ3n) is 1.93. The number of thioether (sulfide) groups is 1. The number of likely N-dealkylation sites (N-methyl/N-ethyl adjacent to an activating group) is 1. The Morgan fingerprint density at radius 3 is 2.85 bits per heavy atom. The van der Waals surface area contributed by atoms with E-state index < -0.39 is 0 Å². The molecule has 0 aliphatic rings. The Morgan fingerprint density at radius 2 is 2.23 bits per heavy atom. The highest BCUT2D eigenvalue weighted by molar-refractivity contribution is 7.98. The van der Waals surface area contributed by atoms with Crippen molar-refractivity contribution in [2.75, 3.05) is 19.8 Å². The van der Waals surface area contributed by atoms with Crippen molar-refractivity contribution in [1.29, 1.82) is 0 Å². The maximum Gasteiger partial charge on any atom is 0.118 e. The summed E-state index contributed by atoms with van der Waals surface area (Å²) in [5, 5.41) is 12.6. The van der Waals surface area contributed by atoms with Gasteiger partial charge in [-0.15, -0.1) is 11.8 Å². The SMILES string of the molecule is CNCCc1cc(SC)ccc1O. The second kappa shape index (κ2) is 5.14. The molecule has 0 fully saturated rings. The first kappa shape index (κ1) is 10.4. The molecule has 2 nitrogen and oxygen atoms in total. The van der Waals surface area contributed by atoms with Gasteiger partial charge in [-0.2, -0.15) is 0 Å². The van der Waals surface area contributed by atoms with Crippen LogP contribution in [0, 0.1) is 0 Å². The average Bonchev–Trinajstić information content (AvgIpc) is 2.17. The van der Waals surface area contributed by atoms with E-state index in [0.717, 1.165) is 18.5 Å². The smallest absolute Gasteiger partial charge is 0.118 e. The summed E-state index contributed by atoms with van der Waals surface area (Å²) in [6.45, 7) is 0.894. The average molecular weight is 197 g/mol. The van der Waals surface area contributed by atoms with Gasteiger partial charge in [0.2, 0.25) is 0 Å². The molecule has 0 heterocycles. The molecule has 1 aromatic carbocycles. The van der Waals surface area contributed by atoms with Crippen molar-refractivity contribution in [2.24, 2.45) is 0 Å². The Kier molecular flexibility index (Phi) is 4.12. The van der Waals surface area contributed by atoms with Crippen LogP contribution in [0.25, 0.3) is 0 Å². The first-order valence-electron chi connectivity index (χ1n) is 4.28. The minimum atomic E-state index is 0.396. The third-order valence-corrected chi connectivity index (χ3v) is 2.66. The monoisotopic (exact) mass is 197 g/mol. The van der Waals surface area contributed by atoms with E-state index in [9.17, 15) is 5.11 Å². The Hall–Kier alpha value is -0.670. The summed E-state index contributed by atoms with van der Waals surface area (Å²) in [6, 6.07) is 5.73. The zero-order chi connectivity index (χ0) is 9.68. The van der Waals surface area contributed by atoms with Crippen LogP contribution in [0.15, 0.2) is 23.1 Å². The summed E-state index contributed by atoms with van der Waals surface area (Å²) in [6.07, 6.45) is 2.91. The lowest BCUT2D eigenvalue weighted by atomic mass is 10.1. The first-order chi connectivity index (χ1) is 6.27. The summed E-state index contributed by atoms with van der Waals surface area (Å²) in [4.78, 5) is 1.20. The predicted octanol–water partition coefficient (Wildman–Crippen LogP) is 1.88. The van der Waals surface area contributed by atoms with Crippen LogP contribution in [0.4, 0.5) is 0 Å². The summed E-state index contributed by atoms with van der Waals surface area (Å²) in [7, 11) is 1.91. The van der Waals surface area contributed by atoms with Crippen LogP contribution >= 0.6 is 11.8 Å². The van der Waals surface area contributed by atoms with Crippen molar-refractivity contribution in [3.8, 4) is 5.75 Å². The lowest BCUT2D eigenvalue weighted by molar-refractivity contribution is 0.467. The fourth-order valence-corrected chi connectivity index (χ4v) is 1.61. The quantitative estimate of drug-likeness (QED) is 0.723. The van der Waals surface area contributed by atoms with Crippen LogP contribution in [0.2, 0.25) is 0 Å². The number of phenolic OH excluding ortho intramolecular Hbond substituents is 1. The third kappa shape index (κ3) is 2.94. The van der Waals surface area contributed by atoms with Crippen molar-refractivity contribution in [3.63, 3.8) is 0 Å². The highest BCUT2D eigenvalue weighted by Crippen LogP contribution is 2.23. The largest absolute Gasteiger partial charge is 0.508 e. The molecular formula is C10H15NOS. The molecular weight excluding hydrogens is 182 g/mol. The van der Waals surface area contributed by atoms with Crippen molar-refractivity contribution >= 4 is 11.8 Å². The van der Waals surface area contributed by atoms with Gasteiger partial charge in [0.1, 0.15) is 5.75 Å². The lowest BCUT2D eigenvalue weighted by Gasteiger charge is -2.05. The van der Waals surface area contributed by atoms with Crippen molar-refractivity contribution in [2.45, 2.75) is 11.3 Å². The normalized spacial score (nSPS) is 10.3. The Bertz CT molecular complexity index is 276. The van der Waals surface area contributed by atoms with Gasteiger partial charge in [0.05, 0.1) is 0 Å². The molecule has 72 valence electrons. The Morgan fingerprint density at radius 1 is 1.46 bits per heavy atom. The maximum atomic E-state index is 9.52. The minimum absolute atomic E-state index is 0.396. The molecule has 0 aromatic heterocycles. The van der Waals surface area contributed by atoms with E-state index in [-0.39, 0.29) is 0 Å². The zero-order valence-corrected chi connectivity index (χ0v) is 8.82. The molecule has 0 saturated heterocycles. The van der Waals surface area contributed by atoms with E-state index in [1.54, 1.807) is 17.8 Å². The van der Waals surface area contributed by atoms with Crippen LogP contribution in [0.1, 0.15) is 5.56 Å². The number of rotatable bonds is 4. The molecule has 13 heavy (non-hydrogen) atoms. The number of aromatic hydroxyl groups is 1. The molecule has 0 aliphatic carbocycles. The Balaban J connectivity index is 2.78. The topological polar surface area (TPSA) is 32.3 Å².